The number of benzene rings is 3. The van der Waals surface area contributed by atoms with Crippen molar-refractivity contribution in [3.63, 3.8) is 0 Å². The van der Waals surface area contributed by atoms with Gasteiger partial charge in [0.25, 0.3) is 0 Å². The van der Waals surface area contributed by atoms with Gasteiger partial charge in [-0.15, -0.1) is 0 Å². The Morgan fingerprint density at radius 2 is 1.57 bits per heavy atom. The van der Waals surface area contributed by atoms with E-state index in [1.165, 1.54) is 35.6 Å². The SMILES string of the molecule is C[C@@H](OC(=O)c1ccc(N2C(=O)[C@H]3CC[C@H](c4ccccc4)C[C@@H]3C2=O)cc1)C(=O)c1cccc(Cl)c1. The molecule has 0 aromatic heterocycles. The van der Waals surface area contributed by atoms with Gasteiger partial charge in [-0.25, -0.2) is 4.79 Å². The largest absolute Gasteiger partial charge is 0.451 e. The summed E-state index contributed by atoms with van der Waals surface area (Å²) >= 11 is 5.95. The topological polar surface area (TPSA) is 80.8 Å². The van der Waals surface area contributed by atoms with Gasteiger partial charge in [0, 0.05) is 10.6 Å². The Labute approximate surface area is 220 Å². The van der Waals surface area contributed by atoms with Crippen LogP contribution in [0.2, 0.25) is 5.02 Å². The fraction of sp³-hybridized carbons (Fsp3) is 0.267. The normalized spacial score (nSPS) is 21.9. The number of fused-ring (bicyclic) bond motifs is 1. The van der Waals surface area contributed by atoms with Crippen molar-refractivity contribution in [2.75, 3.05) is 4.90 Å². The summed E-state index contributed by atoms with van der Waals surface area (Å²) in [4.78, 5) is 52.9. The van der Waals surface area contributed by atoms with Crippen LogP contribution in [0.1, 0.15) is 58.4 Å². The second-order valence-corrected chi connectivity index (χ2v) is 10.1. The maximum Gasteiger partial charge on any atom is 0.338 e. The van der Waals surface area contributed by atoms with Crippen molar-refractivity contribution in [3.8, 4) is 0 Å². The average Bonchev–Trinajstić information content (AvgIpc) is 3.17. The molecule has 5 rings (SSSR count). The molecule has 1 aliphatic carbocycles. The highest BCUT2D eigenvalue weighted by Gasteiger charge is 2.50. The summed E-state index contributed by atoms with van der Waals surface area (Å²) in [6, 6.07) is 22.7. The molecule has 0 radical (unpaired) electrons. The van der Waals surface area contributed by atoms with E-state index in [2.05, 4.69) is 12.1 Å². The third-order valence-electron chi connectivity index (χ3n) is 7.32. The van der Waals surface area contributed by atoms with E-state index >= 15 is 0 Å². The number of imide groups is 1. The molecule has 1 saturated heterocycles. The third kappa shape index (κ3) is 4.94. The van der Waals surface area contributed by atoms with Gasteiger partial charge in [0.1, 0.15) is 0 Å². The zero-order valence-corrected chi connectivity index (χ0v) is 21.1. The fourth-order valence-electron chi connectivity index (χ4n) is 5.37. The number of hydrogen-bond acceptors (Lipinski definition) is 5. The summed E-state index contributed by atoms with van der Waals surface area (Å²) in [5.74, 6) is -1.80. The summed E-state index contributed by atoms with van der Waals surface area (Å²) in [6.07, 6.45) is 1.19. The maximum atomic E-state index is 13.3. The number of nitrogens with zero attached hydrogens (tertiary/aromatic N) is 1. The monoisotopic (exact) mass is 515 g/mol. The molecule has 1 heterocycles. The van der Waals surface area contributed by atoms with E-state index in [1.807, 2.05) is 18.2 Å². The molecular weight excluding hydrogens is 490 g/mol. The highest BCUT2D eigenvalue weighted by atomic mass is 35.5. The van der Waals surface area contributed by atoms with Crippen molar-refractivity contribution in [3.05, 3.63) is 101 Å². The maximum absolute atomic E-state index is 13.3. The van der Waals surface area contributed by atoms with Crippen LogP contribution in [0.5, 0.6) is 0 Å². The standard InChI is InChI=1S/C30H26ClNO5/c1-18(27(33)22-8-5-9-23(31)16-22)37-30(36)20-10-13-24(14-11-20)32-28(34)25-15-12-21(17-26(25)29(32)35)19-6-3-2-4-7-19/h2-11,13-14,16,18,21,25-26H,12,15,17H2,1H3/t18-,21+,25+,26+/m1/s1. The first-order valence-corrected chi connectivity index (χ1v) is 12.7. The Bertz CT molecular complexity index is 1350. The second kappa shape index (κ2) is 10.3. The molecule has 3 aromatic rings. The molecule has 0 unspecified atom stereocenters. The molecule has 188 valence electrons. The summed E-state index contributed by atoms with van der Waals surface area (Å²) in [7, 11) is 0. The van der Waals surface area contributed by atoms with Crippen LogP contribution >= 0.6 is 11.6 Å². The number of Topliss-reactive ketones (excluding diaryl/α,β-unsaturated/α-hetero) is 1. The lowest BCUT2D eigenvalue weighted by atomic mass is 9.73. The summed E-state index contributed by atoms with van der Waals surface area (Å²) in [6.45, 7) is 1.50. The van der Waals surface area contributed by atoms with Gasteiger partial charge >= 0.3 is 5.97 Å². The van der Waals surface area contributed by atoms with Crippen molar-refractivity contribution < 1.29 is 23.9 Å². The molecule has 7 heteroatoms. The molecule has 4 atom stereocenters. The predicted octanol–water partition coefficient (Wildman–Crippen LogP) is 5.84. The van der Waals surface area contributed by atoms with Gasteiger partial charge in [0.15, 0.2) is 6.10 Å². The van der Waals surface area contributed by atoms with E-state index in [0.717, 1.165) is 6.42 Å². The van der Waals surface area contributed by atoms with E-state index in [1.54, 1.807) is 30.3 Å². The van der Waals surface area contributed by atoms with Crippen LogP contribution in [0, 0.1) is 11.8 Å². The third-order valence-corrected chi connectivity index (χ3v) is 7.55. The van der Waals surface area contributed by atoms with Crippen LogP contribution in [-0.2, 0) is 14.3 Å². The van der Waals surface area contributed by atoms with E-state index in [9.17, 15) is 19.2 Å². The second-order valence-electron chi connectivity index (χ2n) is 9.61. The molecule has 0 bridgehead atoms. The Morgan fingerprint density at radius 3 is 2.27 bits per heavy atom. The first-order chi connectivity index (χ1) is 17.8. The van der Waals surface area contributed by atoms with Gasteiger partial charge in [0.05, 0.1) is 23.1 Å². The molecule has 6 nitrogen and oxygen atoms in total. The first kappa shape index (κ1) is 24.9. The molecule has 0 spiro atoms. The van der Waals surface area contributed by atoms with E-state index in [4.69, 9.17) is 16.3 Å². The molecular formula is C30H26ClNO5. The molecule has 3 aromatic carbocycles. The lowest BCUT2D eigenvalue weighted by Crippen LogP contribution is -2.31. The predicted molar refractivity (Wildman–Crippen MR) is 140 cm³/mol. The minimum Gasteiger partial charge on any atom is -0.451 e. The van der Waals surface area contributed by atoms with Crippen LogP contribution in [-0.4, -0.2) is 29.7 Å². The van der Waals surface area contributed by atoms with Crippen molar-refractivity contribution in [1.82, 2.24) is 0 Å². The molecule has 2 aliphatic rings. The Kier molecular flexibility index (Phi) is 6.94. The molecule has 0 N–H and O–H groups in total. The number of carbonyl (C=O) groups is 4. The molecule has 1 aliphatic heterocycles. The number of ether oxygens (including phenoxy) is 1. The number of esters is 1. The molecule has 1 saturated carbocycles. The van der Waals surface area contributed by atoms with Gasteiger partial charge in [-0.2, -0.15) is 0 Å². The van der Waals surface area contributed by atoms with Gasteiger partial charge in [-0.3, -0.25) is 19.3 Å². The van der Waals surface area contributed by atoms with Crippen molar-refractivity contribution in [2.45, 2.75) is 38.2 Å². The molecule has 37 heavy (non-hydrogen) atoms. The number of ketones is 1. The number of amides is 2. The van der Waals surface area contributed by atoms with Crippen LogP contribution in [0.3, 0.4) is 0 Å². The first-order valence-electron chi connectivity index (χ1n) is 12.4. The number of carbonyl (C=O) groups excluding carboxylic acids is 4. The van der Waals surface area contributed by atoms with E-state index in [0.29, 0.717) is 29.1 Å². The van der Waals surface area contributed by atoms with Gasteiger partial charge in [-0.1, -0.05) is 54.1 Å². The average molecular weight is 516 g/mol. The lowest BCUT2D eigenvalue weighted by Gasteiger charge is -2.28. The van der Waals surface area contributed by atoms with Gasteiger partial charge < -0.3 is 4.74 Å². The highest BCUT2D eigenvalue weighted by Crippen LogP contribution is 2.45. The summed E-state index contributed by atoms with van der Waals surface area (Å²) < 4.78 is 5.35. The van der Waals surface area contributed by atoms with Gasteiger partial charge in [0.2, 0.25) is 17.6 Å². The zero-order chi connectivity index (χ0) is 26.1. The van der Waals surface area contributed by atoms with Crippen LogP contribution in [0.25, 0.3) is 0 Å². The fourth-order valence-corrected chi connectivity index (χ4v) is 5.56. The zero-order valence-electron chi connectivity index (χ0n) is 20.3. The Balaban J connectivity index is 1.26. The van der Waals surface area contributed by atoms with Crippen molar-refractivity contribution in [1.29, 1.82) is 0 Å². The summed E-state index contributed by atoms with van der Waals surface area (Å²) in [5.41, 5.74) is 2.20. The van der Waals surface area contributed by atoms with Crippen LogP contribution in [0.15, 0.2) is 78.9 Å². The Hall–Kier alpha value is -3.77. The van der Waals surface area contributed by atoms with E-state index in [-0.39, 0.29) is 40.9 Å². The van der Waals surface area contributed by atoms with Crippen LogP contribution in [0.4, 0.5) is 5.69 Å². The number of hydrogen-bond donors (Lipinski definition) is 0. The number of halogens is 1. The molecule has 2 fully saturated rings. The molecule has 2 amide bonds. The quantitative estimate of drug-likeness (QED) is 0.234. The minimum absolute atomic E-state index is 0.183. The highest BCUT2D eigenvalue weighted by molar-refractivity contribution is 6.31. The summed E-state index contributed by atoms with van der Waals surface area (Å²) in [5, 5.41) is 0.418. The smallest absolute Gasteiger partial charge is 0.338 e. The number of anilines is 1. The minimum atomic E-state index is -1.01. The van der Waals surface area contributed by atoms with Gasteiger partial charge in [-0.05, 0) is 74.1 Å². The van der Waals surface area contributed by atoms with Crippen LogP contribution < -0.4 is 4.90 Å². The Morgan fingerprint density at radius 1 is 0.865 bits per heavy atom. The van der Waals surface area contributed by atoms with E-state index < -0.39 is 12.1 Å². The number of rotatable bonds is 6. The lowest BCUT2D eigenvalue weighted by molar-refractivity contribution is -0.122. The van der Waals surface area contributed by atoms with Crippen molar-refractivity contribution in [2.24, 2.45) is 11.8 Å². The van der Waals surface area contributed by atoms with Crippen molar-refractivity contribution >= 4 is 40.9 Å².